The fraction of sp³-hybridized carbons (Fsp3) is 0.833. The lowest BCUT2D eigenvalue weighted by Crippen LogP contribution is -2.32. The molecule has 0 bridgehead atoms. The Kier molecular flexibility index (Phi) is 4.19. The fourth-order valence-corrected chi connectivity index (χ4v) is 2.11. The van der Waals surface area contributed by atoms with Gasteiger partial charge in [-0.25, -0.2) is 0 Å². The Morgan fingerprint density at radius 2 is 2.28 bits per heavy atom. The number of nitrogens with one attached hydrogen (secondary N) is 2. The van der Waals surface area contributed by atoms with Crippen molar-refractivity contribution in [3.63, 3.8) is 0 Å². The van der Waals surface area contributed by atoms with Crippen LogP contribution in [0, 0.1) is 0 Å². The van der Waals surface area contributed by atoms with E-state index in [4.69, 9.17) is 9.15 Å². The summed E-state index contributed by atoms with van der Waals surface area (Å²) in [5.74, 6) is 0.608. The van der Waals surface area contributed by atoms with E-state index in [9.17, 15) is 0 Å². The molecule has 1 aromatic heterocycles. The molecule has 2 N–H and O–H groups in total. The summed E-state index contributed by atoms with van der Waals surface area (Å²) in [5, 5.41) is 14.4. The number of rotatable bonds is 6. The third kappa shape index (κ3) is 3.20. The minimum atomic E-state index is -0.109. The van der Waals surface area contributed by atoms with Crippen LogP contribution in [0.3, 0.4) is 0 Å². The second-order valence-electron chi connectivity index (χ2n) is 4.98. The highest BCUT2D eigenvalue weighted by Crippen LogP contribution is 2.25. The van der Waals surface area contributed by atoms with Crippen molar-refractivity contribution in [3.8, 4) is 0 Å². The van der Waals surface area contributed by atoms with Gasteiger partial charge in [-0.2, -0.15) is 0 Å². The van der Waals surface area contributed by atoms with E-state index in [1.165, 1.54) is 0 Å². The Morgan fingerprint density at radius 3 is 2.94 bits per heavy atom. The smallest absolute Gasteiger partial charge is 0.315 e. The Hall–Kier alpha value is -1.14. The highest BCUT2D eigenvalue weighted by atomic mass is 16.5. The molecule has 18 heavy (non-hydrogen) atoms. The minimum Gasteiger partial charge on any atom is -0.406 e. The van der Waals surface area contributed by atoms with E-state index >= 15 is 0 Å². The summed E-state index contributed by atoms with van der Waals surface area (Å²) in [5.41, 5.74) is -0.109. The molecule has 102 valence electrons. The van der Waals surface area contributed by atoms with E-state index in [1.807, 2.05) is 13.8 Å². The molecule has 2 rings (SSSR count). The quantitative estimate of drug-likeness (QED) is 0.805. The standard InChI is InChI=1S/C12H22N4O2/c1-4-13-9(2)10-15-16-11(18-10)14-8-12(3)6-5-7-17-12/h9,13H,4-8H2,1-3H3,(H,14,16). The van der Waals surface area contributed by atoms with Crippen molar-refractivity contribution in [1.82, 2.24) is 15.5 Å². The molecule has 0 amide bonds. The van der Waals surface area contributed by atoms with Gasteiger partial charge in [-0.15, -0.1) is 5.10 Å². The van der Waals surface area contributed by atoms with Gasteiger partial charge in [0.2, 0.25) is 5.89 Å². The molecule has 1 aromatic rings. The Bertz CT molecular complexity index is 374. The number of hydrogen-bond donors (Lipinski definition) is 2. The maximum Gasteiger partial charge on any atom is 0.315 e. The summed E-state index contributed by atoms with van der Waals surface area (Å²) in [6, 6.07) is 0.544. The second-order valence-corrected chi connectivity index (χ2v) is 4.98. The van der Waals surface area contributed by atoms with Crippen LogP contribution in [0.1, 0.15) is 45.5 Å². The summed E-state index contributed by atoms with van der Waals surface area (Å²) in [6.07, 6.45) is 2.18. The zero-order chi connectivity index (χ0) is 13.0. The van der Waals surface area contributed by atoms with Crippen molar-refractivity contribution in [2.45, 2.75) is 45.3 Å². The van der Waals surface area contributed by atoms with Gasteiger partial charge in [-0.3, -0.25) is 0 Å². The van der Waals surface area contributed by atoms with Crippen LogP contribution in [-0.4, -0.2) is 35.5 Å². The van der Waals surface area contributed by atoms with Crippen LogP contribution in [0.25, 0.3) is 0 Å². The Morgan fingerprint density at radius 1 is 1.44 bits per heavy atom. The molecule has 1 aliphatic heterocycles. The average molecular weight is 254 g/mol. The molecule has 2 unspecified atom stereocenters. The molecular weight excluding hydrogens is 232 g/mol. The van der Waals surface area contributed by atoms with Gasteiger partial charge >= 0.3 is 6.01 Å². The summed E-state index contributed by atoms with van der Waals surface area (Å²) in [4.78, 5) is 0. The second kappa shape index (κ2) is 5.67. The van der Waals surface area contributed by atoms with Crippen LogP contribution in [-0.2, 0) is 4.74 Å². The molecule has 6 nitrogen and oxygen atoms in total. The first-order valence-electron chi connectivity index (χ1n) is 6.57. The van der Waals surface area contributed by atoms with E-state index in [0.29, 0.717) is 18.5 Å². The van der Waals surface area contributed by atoms with Crippen LogP contribution < -0.4 is 10.6 Å². The number of aromatic nitrogens is 2. The normalized spacial score (nSPS) is 25.3. The predicted octanol–water partition coefficient (Wildman–Crippen LogP) is 1.72. The first-order valence-corrected chi connectivity index (χ1v) is 6.57. The number of anilines is 1. The third-order valence-electron chi connectivity index (χ3n) is 3.24. The predicted molar refractivity (Wildman–Crippen MR) is 68.5 cm³/mol. The average Bonchev–Trinajstić information content (AvgIpc) is 2.96. The molecular formula is C12H22N4O2. The molecule has 0 radical (unpaired) electrons. The van der Waals surface area contributed by atoms with Crippen molar-refractivity contribution in [2.75, 3.05) is 25.0 Å². The van der Waals surface area contributed by atoms with E-state index in [2.05, 4.69) is 27.8 Å². The van der Waals surface area contributed by atoms with Gasteiger partial charge in [0.15, 0.2) is 0 Å². The molecule has 0 aromatic carbocycles. The Labute approximate surface area is 107 Å². The lowest BCUT2D eigenvalue weighted by atomic mass is 10.0. The van der Waals surface area contributed by atoms with Gasteiger partial charge in [0.1, 0.15) is 0 Å². The van der Waals surface area contributed by atoms with Gasteiger partial charge in [0.05, 0.1) is 11.6 Å². The van der Waals surface area contributed by atoms with E-state index < -0.39 is 0 Å². The van der Waals surface area contributed by atoms with Crippen molar-refractivity contribution in [3.05, 3.63) is 5.89 Å². The highest BCUT2D eigenvalue weighted by Gasteiger charge is 2.30. The monoisotopic (exact) mass is 254 g/mol. The molecule has 0 aliphatic carbocycles. The molecule has 1 fully saturated rings. The first kappa shape index (κ1) is 13.3. The Balaban J connectivity index is 1.86. The van der Waals surface area contributed by atoms with Crippen LogP contribution in [0.2, 0.25) is 0 Å². The molecule has 1 saturated heterocycles. The summed E-state index contributed by atoms with van der Waals surface area (Å²) >= 11 is 0. The molecule has 6 heteroatoms. The van der Waals surface area contributed by atoms with Crippen LogP contribution in [0.4, 0.5) is 6.01 Å². The number of hydrogen-bond acceptors (Lipinski definition) is 6. The topological polar surface area (TPSA) is 72.2 Å². The highest BCUT2D eigenvalue weighted by molar-refractivity contribution is 5.19. The van der Waals surface area contributed by atoms with Gasteiger partial charge in [-0.1, -0.05) is 12.0 Å². The zero-order valence-corrected chi connectivity index (χ0v) is 11.3. The zero-order valence-electron chi connectivity index (χ0n) is 11.3. The first-order chi connectivity index (χ1) is 8.63. The SMILES string of the molecule is CCNC(C)c1nnc(NCC2(C)CCCO2)o1. The molecule has 2 atom stereocenters. The maximum atomic E-state index is 5.69. The lowest BCUT2D eigenvalue weighted by molar-refractivity contribution is 0.0311. The maximum absolute atomic E-state index is 5.69. The summed E-state index contributed by atoms with van der Waals surface area (Å²) in [6.45, 7) is 8.56. The van der Waals surface area contributed by atoms with Gasteiger partial charge in [0, 0.05) is 13.2 Å². The van der Waals surface area contributed by atoms with E-state index in [1.54, 1.807) is 0 Å². The van der Waals surface area contributed by atoms with Crippen molar-refractivity contribution < 1.29 is 9.15 Å². The van der Waals surface area contributed by atoms with Gasteiger partial charge in [0.25, 0.3) is 0 Å². The molecule has 1 aliphatic rings. The molecule has 0 spiro atoms. The summed E-state index contributed by atoms with van der Waals surface area (Å²) in [7, 11) is 0. The third-order valence-corrected chi connectivity index (χ3v) is 3.24. The van der Waals surface area contributed by atoms with Crippen LogP contribution in [0.15, 0.2) is 4.42 Å². The van der Waals surface area contributed by atoms with Gasteiger partial charge in [-0.05, 0) is 33.2 Å². The molecule has 0 saturated carbocycles. The lowest BCUT2D eigenvalue weighted by Gasteiger charge is -2.22. The van der Waals surface area contributed by atoms with Crippen molar-refractivity contribution in [2.24, 2.45) is 0 Å². The fourth-order valence-electron chi connectivity index (χ4n) is 2.11. The van der Waals surface area contributed by atoms with Crippen LogP contribution in [0.5, 0.6) is 0 Å². The molecule has 2 heterocycles. The summed E-state index contributed by atoms with van der Waals surface area (Å²) < 4.78 is 11.2. The van der Waals surface area contributed by atoms with Crippen molar-refractivity contribution >= 4 is 6.01 Å². The van der Waals surface area contributed by atoms with Crippen molar-refractivity contribution in [1.29, 1.82) is 0 Å². The van der Waals surface area contributed by atoms with E-state index in [0.717, 1.165) is 26.0 Å². The van der Waals surface area contributed by atoms with Gasteiger partial charge < -0.3 is 19.8 Å². The van der Waals surface area contributed by atoms with E-state index in [-0.39, 0.29) is 11.6 Å². The van der Waals surface area contributed by atoms with Crippen LogP contribution >= 0.6 is 0 Å². The minimum absolute atomic E-state index is 0.0800. The number of nitrogens with zero attached hydrogens (tertiary/aromatic N) is 2. The largest absolute Gasteiger partial charge is 0.406 e. The number of ether oxygens (including phenoxy) is 1.